The van der Waals surface area contributed by atoms with Crippen LogP contribution < -0.4 is 0 Å². The van der Waals surface area contributed by atoms with E-state index in [0.717, 1.165) is 37.1 Å². The molecule has 0 spiro atoms. The summed E-state index contributed by atoms with van der Waals surface area (Å²) in [4.78, 5) is 50.3. The van der Waals surface area contributed by atoms with Gasteiger partial charge in [-0.2, -0.15) is 11.8 Å². The molecule has 1 aromatic heterocycles. The molecule has 7 nitrogen and oxygen atoms in total. The van der Waals surface area contributed by atoms with E-state index in [0.29, 0.717) is 19.1 Å². The third-order valence-electron chi connectivity index (χ3n) is 7.66. The Labute approximate surface area is 210 Å². The molecule has 184 valence electrons. The number of amides is 3. The molecule has 3 saturated heterocycles. The zero-order valence-corrected chi connectivity index (χ0v) is 20.8. The zero-order chi connectivity index (χ0) is 24.3. The van der Waals surface area contributed by atoms with Crippen LogP contribution in [0.1, 0.15) is 36.8 Å². The molecule has 3 aliphatic rings. The molecular weight excluding hydrogens is 460 g/mol. The van der Waals surface area contributed by atoms with Crippen molar-refractivity contribution < 1.29 is 14.4 Å². The van der Waals surface area contributed by atoms with Crippen molar-refractivity contribution in [1.29, 1.82) is 0 Å². The maximum absolute atomic E-state index is 13.8. The van der Waals surface area contributed by atoms with E-state index in [1.165, 1.54) is 16.4 Å². The average molecular weight is 493 g/mol. The van der Waals surface area contributed by atoms with Crippen molar-refractivity contribution >= 4 is 29.5 Å². The van der Waals surface area contributed by atoms with Gasteiger partial charge in [0.25, 0.3) is 0 Å². The molecule has 35 heavy (non-hydrogen) atoms. The van der Waals surface area contributed by atoms with Crippen molar-refractivity contribution in [1.82, 2.24) is 19.7 Å². The van der Waals surface area contributed by atoms with E-state index in [9.17, 15) is 14.4 Å². The third kappa shape index (κ3) is 5.00. The third-order valence-corrected chi connectivity index (χ3v) is 8.60. The Hall–Kier alpha value is -2.71. The van der Waals surface area contributed by atoms with Crippen LogP contribution in [-0.4, -0.2) is 81.1 Å². The summed E-state index contributed by atoms with van der Waals surface area (Å²) in [5.41, 5.74) is 0.434. The van der Waals surface area contributed by atoms with Gasteiger partial charge >= 0.3 is 0 Å². The van der Waals surface area contributed by atoms with Gasteiger partial charge in [-0.05, 0) is 36.1 Å². The first-order valence-corrected chi connectivity index (χ1v) is 13.6. The highest BCUT2D eigenvalue weighted by molar-refractivity contribution is 7.99. The number of aromatic nitrogens is 1. The zero-order valence-electron chi connectivity index (χ0n) is 20.0. The number of piperidine rings is 1. The Morgan fingerprint density at radius 1 is 0.971 bits per heavy atom. The van der Waals surface area contributed by atoms with Crippen LogP contribution in [0.3, 0.4) is 0 Å². The maximum Gasteiger partial charge on any atom is 0.241 e. The molecule has 4 heterocycles. The van der Waals surface area contributed by atoms with Gasteiger partial charge in [-0.3, -0.25) is 29.2 Å². The summed E-state index contributed by atoms with van der Waals surface area (Å²) in [6, 6.07) is 13.5. The summed E-state index contributed by atoms with van der Waals surface area (Å²) >= 11 is 2.01. The SMILES string of the molecule is O=C(C[C@]1(c2ccccc2)CC(=O)N(Cc2ccncc2)C1=O)N1CCC(N2CCSCC2)CC1. The van der Waals surface area contributed by atoms with E-state index in [1.807, 2.05) is 47.0 Å². The molecule has 1 aromatic carbocycles. The fourth-order valence-electron chi connectivity index (χ4n) is 5.65. The van der Waals surface area contributed by atoms with Gasteiger partial charge < -0.3 is 4.90 Å². The molecule has 0 aliphatic carbocycles. The van der Waals surface area contributed by atoms with Gasteiger partial charge in [0.05, 0.1) is 12.0 Å². The van der Waals surface area contributed by atoms with E-state index in [4.69, 9.17) is 0 Å². The molecule has 3 aliphatic heterocycles. The van der Waals surface area contributed by atoms with Crippen LogP contribution in [0.5, 0.6) is 0 Å². The number of carbonyl (C=O) groups excluding carboxylic acids is 3. The van der Waals surface area contributed by atoms with Crippen LogP contribution >= 0.6 is 11.8 Å². The van der Waals surface area contributed by atoms with Crippen LogP contribution in [0.2, 0.25) is 0 Å². The lowest BCUT2D eigenvalue weighted by molar-refractivity contribution is -0.143. The first-order chi connectivity index (χ1) is 17.1. The second-order valence-electron chi connectivity index (χ2n) is 9.70. The fourth-order valence-corrected chi connectivity index (χ4v) is 6.58. The summed E-state index contributed by atoms with van der Waals surface area (Å²) < 4.78 is 0. The Kier molecular flexibility index (Phi) is 7.20. The van der Waals surface area contributed by atoms with E-state index in [-0.39, 0.29) is 37.1 Å². The predicted molar refractivity (Wildman–Crippen MR) is 136 cm³/mol. The van der Waals surface area contributed by atoms with Gasteiger partial charge in [-0.1, -0.05) is 30.3 Å². The molecular formula is C27H32N4O3S. The molecule has 0 N–H and O–H groups in total. The van der Waals surface area contributed by atoms with Crippen LogP contribution in [-0.2, 0) is 26.3 Å². The molecule has 0 unspecified atom stereocenters. The largest absolute Gasteiger partial charge is 0.343 e. The number of pyridine rings is 1. The number of carbonyl (C=O) groups is 3. The highest BCUT2D eigenvalue weighted by Gasteiger charge is 2.54. The van der Waals surface area contributed by atoms with Crippen molar-refractivity contribution in [3.8, 4) is 0 Å². The Bertz CT molecular complexity index is 1050. The number of hydrogen-bond acceptors (Lipinski definition) is 6. The van der Waals surface area contributed by atoms with Gasteiger partial charge in [-0.25, -0.2) is 0 Å². The van der Waals surface area contributed by atoms with Gasteiger partial charge in [-0.15, -0.1) is 0 Å². The second-order valence-corrected chi connectivity index (χ2v) is 10.9. The van der Waals surface area contributed by atoms with Crippen molar-refractivity contribution in [2.24, 2.45) is 0 Å². The molecule has 0 radical (unpaired) electrons. The number of imide groups is 1. The highest BCUT2D eigenvalue weighted by atomic mass is 32.2. The summed E-state index contributed by atoms with van der Waals surface area (Å²) in [6.07, 6.45) is 5.29. The minimum absolute atomic E-state index is 0.0224. The fraction of sp³-hybridized carbons (Fsp3) is 0.481. The molecule has 3 fully saturated rings. The average Bonchev–Trinajstić information content (AvgIpc) is 3.15. The number of rotatable bonds is 6. The summed E-state index contributed by atoms with van der Waals surface area (Å²) in [6.45, 7) is 3.87. The Morgan fingerprint density at radius 3 is 2.34 bits per heavy atom. The standard InChI is InChI=1S/C27H32N4O3S/c32-24(30-12-8-23(9-13-30)29-14-16-35-17-15-29)18-27(22-4-2-1-3-5-22)19-25(33)31(26(27)34)20-21-6-10-28-11-7-21/h1-7,10-11,23H,8-9,12-20H2/t27-/m1/s1. The molecule has 0 saturated carbocycles. The van der Waals surface area contributed by atoms with Crippen LogP contribution in [0.15, 0.2) is 54.9 Å². The van der Waals surface area contributed by atoms with Crippen LogP contribution in [0.25, 0.3) is 0 Å². The Balaban J connectivity index is 1.32. The van der Waals surface area contributed by atoms with Crippen LogP contribution in [0, 0.1) is 0 Å². The number of nitrogens with zero attached hydrogens (tertiary/aromatic N) is 4. The quantitative estimate of drug-likeness (QED) is 0.578. The molecule has 5 rings (SSSR count). The first kappa shape index (κ1) is 24.0. The van der Waals surface area contributed by atoms with Crippen molar-refractivity contribution in [3.63, 3.8) is 0 Å². The minimum atomic E-state index is -1.15. The number of benzene rings is 1. The van der Waals surface area contributed by atoms with Crippen molar-refractivity contribution in [2.45, 2.75) is 43.7 Å². The number of thioether (sulfide) groups is 1. The van der Waals surface area contributed by atoms with Crippen molar-refractivity contribution in [2.75, 3.05) is 37.7 Å². The van der Waals surface area contributed by atoms with E-state index >= 15 is 0 Å². The second kappa shape index (κ2) is 10.5. The highest BCUT2D eigenvalue weighted by Crippen LogP contribution is 2.41. The summed E-state index contributed by atoms with van der Waals surface area (Å²) in [7, 11) is 0. The lowest BCUT2D eigenvalue weighted by Gasteiger charge is -2.40. The molecule has 8 heteroatoms. The maximum atomic E-state index is 13.8. The van der Waals surface area contributed by atoms with Gasteiger partial charge in [0.1, 0.15) is 0 Å². The first-order valence-electron chi connectivity index (χ1n) is 12.5. The summed E-state index contributed by atoms with van der Waals surface area (Å²) in [5.74, 6) is 1.83. The topological polar surface area (TPSA) is 73.8 Å². The molecule has 1 atom stereocenters. The molecule has 0 bridgehead atoms. The minimum Gasteiger partial charge on any atom is -0.343 e. The number of likely N-dealkylation sites (tertiary alicyclic amines) is 2. The van der Waals surface area contributed by atoms with Crippen LogP contribution in [0.4, 0.5) is 0 Å². The smallest absolute Gasteiger partial charge is 0.241 e. The lowest BCUT2D eigenvalue weighted by atomic mass is 9.75. The van der Waals surface area contributed by atoms with Gasteiger partial charge in [0.15, 0.2) is 0 Å². The normalized spacial score (nSPS) is 24.2. The molecule has 3 amide bonds. The molecule has 2 aromatic rings. The summed E-state index contributed by atoms with van der Waals surface area (Å²) in [5, 5.41) is 0. The lowest BCUT2D eigenvalue weighted by Crippen LogP contribution is -2.50. The number of hydrogen-bond donors (Lipinski definition) is 0. The van der Waals surface area contributed by atoms with E-state index < -0.39 is 5.41 Å². The predicted octanol–water partition coefficient (Wildman–Crippen LogP) is 2.71. The monoisotopic (exact) mass is 492 g/mol. The van der Waals surface area contributed by atoms with Gasteiger partial charge in [0, 0.05) is 69.0 Å². The van der Waals surface area contributed by atoms with E-state index in [1.54, 1.807) is 24.5 Å². The van der Waals surface area contributed by atoms with Crippen molar-refractivity contribution in [3.05, 3.63) is 66.0 Å². The van der Waals surface area contributed by atoms with E-state index in [2.05, 4.69) is 9.88 Å². The Morgan fingerprint density at radius 2 is 1.66 bits per heavy atom. The van der Waals surface area contributed by atoms with Gasteiger partial charge in [0.2, 0.25) is 17.7 Å².